The van der Waals surface area contributed by atoms with E-state index in [1.165, 1.54) is 34.8 Å². The van der Waals surface area contributed by atoms with Crippen molar-refractivity contribution < 1.29 is 13.5 Å². The monoisotopic (exact) mass is 399 g/mol. The van der Waals surface area contributed by atoms with E-state index in [-0.39, 0.29) is 11.4 Å². The molecule has 3 aromatic rings. The Morgan fingerprint density at radius 3 is 2.67 bits per heavy atom. The zero-order valence-corrected chi connectivity index (χ0v) is 15.6. The van der Waals surface area contributed by atoms with Gasteiger partial charge in [0.1, 0.15) is 6.10 Å². The Hall–Kier alpha value is -1.22. The first-order valence-electron chi connectivity index (χ1n) is 7.01. The lowest BCUT2D eigenvalue weighted by Crippen LogP contribution is -2.22. The second-order valence-electron chi connectivity index (χ2n) is 5.00. The van der Waals surface area contributed by atoms with E-state index >= 15 is 0 Å². The predicted molar refractivity (Wildman–Crippen MR) is 98.2 cm³/mol. The van der Waals surface area contributed by atoms with Crippen molar-refractivity contribution in [3.8, 4) is 0 Å². The van der Waals surface area contributed by atoms with E-state index in [2.05, 4.69) is 4.72 Å². The van der Waals surface area contributed by atoms with Crippen LogP contribution in [0.1, 0.15) is 20.7 Å². The van der Waals surface area contributed by atoms with Crippen molar-refractivity contribution in [2.75, 3.05) is 0 Å². The molecule has 3 rings (SSSR count). The third-order valence-corrected chi connectivity index (χ3v) is 7.00. The summed E-state index contributed by atoms with van der Waals surface area (Å²) in [6.45, 7) is 0.163. The quantitative estimate of drug-likeness (QED) is 0.657. The number of thiophene rings is 2. The van der Waals surface area contributed by atoms with Crippen molar-refractivity contribution >= 4 is 44.3 Å². The number of nitrogens with one attached hydrogen (secondary N) is 1. The molecule has 8 heteroatoms. The van der Waals surface area contributed by atoms with Gasteiger partial charge >= 0.3 is 0 Å². The highest BCUT2D eigenvalue weighted by molar-refractivity contribution is 7.89. The molecule has 0 amide bonds. The van der Waals surface area contributed by atoms with Gasteiger partial charge in [-0.25, -0.2) is 13.1 Å². The van der Waals surface area contributed by atoms with Crippen molar-refractivity contribution in [3.63, 3.8) is 0 Å². The maximum Gasteiger partial charge on any atom is 0.240 e. The van der Waals surface area contributed by atoms with Crippen molar-refractivity contribution in [1.29, 1.82) is 0 Å². The van der Waals surface area contributed by atoms with Crippen LogP contribution in [0.15, 0.2) is 58.8 Å². The Bertz CT molecular complexity index is 920. The van der Waals surface area contributed by atoms with E-state index in [0.717, 1.165) is 14.6 Å². The summed E-state index contributed by atoms with van der Waals surface area (Å²) in [5, 5.41) is 12.6. The van der Waals surface area contributed by atoms with E-state index in [9.17, 15) is 13.5 Å². The fourth-order valence-electron chi connectivity index (χ4n) is 2.11. The van der Waals surface area contributed by atoms with Crippen molar-refractivity contribution in [3.05, 3.63) is 73.6 Å². The molecule has 1 atom stereocenters. The zero-order chi connectivity index (χ0) is 17.2. The Kier molecular flexibility index (Phi) is 5.39. The molecule has 2 heterocycles. The molecule has 0 aliphatic carbocycles. The third kappa shape index (κ3) is 4.05. The first-order valence-corrected chi connectivity index (χ1v) is 10.6. The Balaban J connectivity index is 1.69. The lowest BCUT2D eigenvalue weighted by atomic mass is 10.2. The number of rotatable bonds is 6. The highest BCUT2D eigenvalue weighted by Crippen LogP contribution is 2.31. The highest BCUT2D eigenvalue weighted by Gasteiger charge is 2.17. The van der Waals surface area contributed by atoms with Gasteiger partial charge in [-0.05, 0) is 41.8 Å². The average molecular weight is 400 g/mol. The molecule has 0 unspecified atom stereocenters. The maximum absolute atomic E-state index is 12.3. The van der Waals surface area contributed by atoms with Crippen LogP contribution in [0.5, 0.6) is 0 Å². The number of aliphatic hydroxyl groups excluding tert-OH is 1. The Morgan fingerprint density at radius 1 is 1.12 bits per heavy atom. The van der Waals surface area contributed by atoms with Crippen LogP contribution in [0.2, 0.25) is 5.02 Å². The minimum Gasteiger partial charge on any atom is -0.382 e. The SMILES string of the molecule is O=S(=O)(NCc1ccc([C@@H](O)c2cccs2)s1)c1cccc(Cl)c1. The van der Waals surface area contributed by atoms with Gasteiger partial charge in [0.2, 0.25) is 10.0 Å². The van der Waals surface area contributed by atoms with Gasteiger partial charge in [-0.3, -0.25) is 0 Å². The summed E-state index contributed by atoms with van der Waals surface area (Å²) in [4.78, 5) is 2.61. The van der Waals surface area contributed by atoms with Crippen LogP contribution >= 0.6 is 34.3 Å². The summed E-state index contributed by atoms with van der Waals surface area (Å²) >= 11 is 8.70. The second kappa shape index (κ2) is 7.35. The summed E-state index contributed by atoms with van der Waals surface area (Å²) in [5.41, 5.74) is 0. The molecule has 2 aromatic heterocycles. The summed E-state index contributed by atoms with van der Waals surface area (Å²) in [7, 11) is -3.62. The number of hydrogen-bond acceptors (Lipinski definition) is 5. The van der Waals surface area contributed by atoms with E-state index in [1.807, 2.05) is 29.6 Å². The summed E-state index contributed by atoms with van der Waals surface area (Å²) < 4.78 is 27.1. The zero-order valence-electron chi connectivity index (χ0n) is 12.3. The molecular formula is C16H14ClNO3S3. The normalized spacial score (nSPS) is 13.1. The molecule has 0 aliphatic heterocycles. The summed E-state index contributed by atoms with van der Waals surface area (Å²) in [6, 6.07) is 13.5. The van der Waals surface area contributed by atoms with Gasteiger partial charge in [0.05, 0.1) is 4.90 Å². The molecule has 1 aromatic carbocycles. The van der Waals surface area contributed by atoms with Gasteiger partial charge < -0.3 is 5.11 Å². The molecule has 0 radical (unpaired) electrons. The minimum absolute atomic E-state index is 0.130. The van der Waals surface area contributed by atoms with Crippen molar-refractivity contribution in [2.24, 2.45) is 0 Å². The van der Waals surface area contributed by atoms with Gasteiger partial charge in [-0.2, -0.15) is 0 Å². The summed E-state index contributed by atoms with van der Waals surface area (Å²) in [6.07, 6.45) is -0.673. The minimum atomic E-state index is -3.62. The van der Waals surface area contributed by atoms with Crippen LogP contribution in [-0.2, 0) is 16.6 Å². The fourth-order valence-corrected chi connectivity index (χ4v) is 5.27. The van der Waals surface area contributed by atoms with Crippen molar-refractivity contribution in [2.45, 2.75) is 17.5 Å². The Labute approximate surface area is 153 Å². The molecule has 0 saturated heterocycles. The first kappa shape index (κ1) is 17.6. The fraction of sp³-hybridized carbons (Fsp3) is 0.125. The molecule has 0 bridgehead atoms. The molecule has 0 aliphatic rings. The average Bonchev–Trinajstić information content (AvgIpc) is 3.24. The molecule has 0 fully saturated rings. The third-order valence-electron chi connectivity index (χ3n) is 3.31. The predicted octanol–water partition coefficient (Wildman–Crippen LogP) is 4.02. The standard InChI is InChI=1S/C16H14ClNO3S3/c17-11-3-1-4-13(9-11)24(20,21)18-10-12-6-7-15(23-12)16(19)14-5-2-8-22-14/h1-9,16,18-19H,10H2/t16-/m0/s1. The van der Waals surface area contributed by atoms with Gasteiger partial charge in [0.25, 0.3) is 0 Å². The van der Waals surface area contributed by atoms with Crippen LogP contribution in [0.4, 0.5) is 0 Å². The smallest absolute Gasteiger partial charge is 0.240 e. The first-order chi connectivity index (χ1) is 11.5. The number of aliphatic hydroxyl groups is 1. The van der Waals surface area contributed by atoms with Gasteiger partial charge in [0.15, 0.2) is 0 Å². The van der Waals surface area contributed by atoms with Gasteiger partial charge in [0, 0.05) is 26.2 Å². The van der Waals surface area contributed by atoms with E-state index < -0.39 is 16.1 Å². The molecular weight excluding hydrogens is 386 g/mol. The van der Waals surface area contributed by atoms with Crippen LogP contribution in [0.3, 0.4) is 0 Å². The lowest BCUT2D eigenvalue weighted by Gasteiger charge is -2.06. The van der Waals surface area contributed by atoms with Crippen LogP contribution < -0.4 is 4.72 Å². The maximum atomic E-state index is 12.3. The van der Waals surface area contributed by atoms with Crippen molar-refractivity contribution in [1.82, 2.24) is 4.72 Å². The van der Waals surface area contributed by atoms with Gasteiger partial charge in [-0.1, -0.05) is 23.7 Å². The molecule has 0 saturated carbocycles. The molecule has 0 spiro atoms. The van der Waals surface area contributed by atoms with Crippen LogP contribution in [0.25, 0.3) is 0 Å². The molecule has 24 heavy (non-hydrogen) atoms. The molecule has 4 nitrogen and oxygen atoms in total. The number of halogens is 1. The van der Waals surface area contributed by atoms with Crippen LogP contribution in [0, 0.1) is 0 Å². The summed E-state index contributed by atoms with van der Waals surface area (Å²) in [5.74, 6) is 0. The number of benzene rings is 1. The number of sulfonamides is 1. The Morgan fingerprint density at radius 2 is 1.96 bits per heavy atom. The molecule has 126 valence electrons. The molecule has 2 N–H and O–H groups in total. The lowest BCUT2D eigenvalue weighted by molar-refractivity contribution is 0.228. The topological polar surface area (TPSA) is 66.4 Å². The van der Waals surface area contributed by atoms with Crippen LogP contribution in [-0.4, -0.2) is 13.5 Å². The van der Waals surface area contributed by atoms with E-state index in [1.54, 1.807) is 12.1 Å². The largest absolute Gasteiger partial charge is 0.382 e. The van der Waals surface area contributed by atoms with Gasteiger partial charge in [-0.15, -0.1) is 22.7 Å². The second-order valence-corrected chi connectivity index (χ2v) is 9.39. The van der Waals surface area contributed by atoms with E-state index in [0.29, 0.717) is 5.02 Å². The number of hydrogen-bond donors (Lipinski definition) is 2. The van der Waals surface area contributed by atoms with E-state index in [4.69, 9.17) is 11.6 Å². The highest BCUT2D eigenvalue weighted by atomic mass is 35.5.